The van der Waals surface area contributed by atoms with Crippen molar-refractivity contribution in [2.24, 2.45) is 0 Å². The molecule has 0 spiro atoms. The molecule has 5 heteroatoms. The van der Waals surface area contributed by atoms with Crippen molar-refractivity contribution in [2.45, 2.75) is 39.2 Å². The molecular formula is C15H20N2O3. The molecule has 1 atom stereocenters. The van der Waals surface area contributed by atoms with Gasteiger partial charge in [-0.1, -0.05) is 18.5 Å². The second-order valence-electron chi connectivity index (χ2n) is 4.84. The maximum absolute atomic E-state index is 9.75. The highest BCUT2D eigenvalue weighted by atomic mass is 16.5. The van der Waals surface area contributed by atoms with Crippen molar-refractivity contribution in [1.82, 2.24) is 10.1 Å². The summed E-state index contributed by atoms with van der Waals surface area (Å²) in [5.74, 6) is 1.83. The quantitative estimate of drug-likeness (QED) is 0.878. The molecule has 0 aliphatic heterocycles. The van der Waals surface area contributed by atoms with Crippen LogP contribution in [0.5, 0.6) is 5.75 Å². The Bertz CT molecular complexity index is 566. The van der Waals surface area contributed by atoms with Crippen molar-refractivity contribution in [2.75, 3.05) is 7.11 Å². The van der Waals surface area contributed by atoms with E-state index in [1.807, 2.05) is 32.0 Å². The van der Waals surface area contributed by atoms with E-state index in [4.69, 9.17) is 9.26 Å². The molecule has 108 valence electrons. The number of rotatable bonds is 6. The van der Waals surface area contributed by atoms with Crippen molar-refractivity contribution in [3.63, 3.8) is 0 Å². The molecule has 2 rings (SSSR count). The molecule has 5 nitrogen and oxygen atoms in total. The highest BCUT2D eigenvalue weighted by Gasteiger charge is 2.13. The Morgan fingerprint density at radius 1 is 1.40 bits per heavy atom. The third kappa shape index (κ3) is 3.36. The van der Waals surface area contributed by atoms with Gasteiger partial charge in [0, 0.05) is 5.56 Å². The molecule has 0 saturated carbocycles. The van der Waals surface area contributed by atoms with Gasteiger partial charge in [0.05, 0.1) is 19.6 Å². The average Bonchev–Trinajstić information content (AvgIpc) is 2.87. The first kappa shape index (κ1) is 14.5. The highest BCUT2D eigenvalue weighted by Crippen LogP contribution is 2.24. The van der Waals surface area contributed by atoms with Crippen LogP contribution in [0.1, 0.15) is 31.2 Å². The summed E-state index contributed by atoms with van der Waals surface area (Å²) in [7, 11) is 1.64. The minimum absolute atomic E-state index is 0.399. The number of ether oxygens (including phenoxy) is 1. The molecule has 0 aliphatic carbocycles. The number of aryl methyl sites for hydroxylation is 1. The van der Waals surface area contributed by atoms with Crippen molar-refractivity contribution >= 4 is 0 Å². The first-order valence-corrected chi connectivity index (χ1v) is 6.79. The van der Waals surface area contributed by atoms with E-state index < -0.39 is 6.10 Å². The summed E-state index contributed by atoms with van der Waals surface area (Å²) in [4.78, 5) is 4.32. The normalized spacial score (nSPS) is 12.4. The lowest BCUT2D eigenvalue weighted by Gasteiger charge is -2.05. The van der Waals surface area contributed by atoms with Crippen LogP contribution in [0.4, 0.5) is 0 Å². The number of aliphatic hydroxyl groups excluding tert-OH is 1. The molecule has 0 bridgehead atoms. The van der Waals surface area contributed by atoms with E-state index in [-0.39, 0.29) is 0 Å². The van der Waals surface area contributed by atoms with Gasteiger partial charge < -0.3 is 14.4 Å². The third-order valence-corrected chi connectivity index (χ3v) is 3.15. The molecule has 0 saturated heterocycles. The minimum Gasteiger partial charge on any atom is -0.496 e. The van der Waals surface area contributed by atoms with Crippen LogP contribution in [-0.4, -0.2) is 28.5 Å². The first-order chi connectivity index (χ1) is 9.63. The smallest absolute Gasteiger partial charge is 0.229 e. The lowest BCUT2D eigenvalue weighted by molar-refractivity contribution is 0.152. The molecule has 2 aromatic rings. The van der Waals surface area contributed by atoms with E-state index in [2.05, 4.69) is 10.1 Å². The van der Waals surface area contributed by atoms with Crippen molar-refractivity contribution in [3.05, 3.63) is 29.7 Å². The van der Waals surface area contributed by atoms with E-state index >= 15 is 0 Å². The van der Waals surface area contributed by atoms with Gasteiger partial charge in [-0.05, 0) is 37.1 Å². The molecule has 0 aliphatic rings. The third-order valence-electron chi connectivity index (χ3n) is 3.15. The molecule has 1 unspecified atom stereocenters. The summed E-state index contributed by atoms with van der Waals surface area (Å²) >= 11 is 0. The number of hydrogen-bond acceptors (Lipinski definition) is 5. The van der Waals surface area contributed by atoms with Gasteiger partial charge in [0.25, 0.3) is 0 Å². The van der Waals surface area contributed by atoms with Gasteiger partial charge >= 0.3 is 0 Å². The van der Waals surface area contributed by atoms with E-state index in [0.717, 1.165) is 29.7 Å². The summed E-state index contributed by atoms with van der Waals surface area (Å²) in [6, 6.07) is 5.73. The van der Waals surface area contributed by atoms with Gasteiger partial charge in [0.2, 0.25) is 11.7 Å². The number of methoxy groups -OCH3 is 1. The van der Waals surface area contributed by atoms with Gasteiger partial charge in [-0.25, -0.2) is 0 Å². The fraction of sp³-hybridized carbons (Fsp3) is 0.467. The fourth-order valence-corrected chi connectivity index (χ4v) is 2.11. The predicted molar refractivity (Wildman–Crippen MR) is 75.6 cm³/mol. The number of hydrogen-bond donors (Lipinski definition) is 1. The van der Waals surface area contributed by atoms with E-state index in [0.29, 0.717) is 18.1 Å². The molecule has 1 aromatic heterocycles. The van der Waals surface area contributed by atoms with Gasteiger partial charge in [-0.2, -0.15) is 4.98 Å². The second-order valence-corrected chi connectivity index (χ2v) is 4.84. The average molecular weight is 276 g/mol. The van der Waals surface area contributed by atoms with Crippen molar-refractivity contribution in [3.8, 4) is 17.1 Å². The highest BCUT2D eigenvalue weighted by molar-refractivity contribution is 5.58. The SMILES string of the molecule is CCCC(O)Cc1nc(-c2ccc(OC)c(C)c2)no1. The van der Waals surface area contributed by atoms with Crippen molar-refractivity contribution in [1.29, 1.82) is 0 Å². The van der Waals surface area contributed by atoms with E-state index in [1.54, 1.807) is 7.11 Å². The molecule has 1 N–H and O–H groups in total. The van der Waals surface area contributed by atoms with Crippen LogP contribution >= 0.6 is 0 Å². The monoisotopic (exact) mass is 276 g/mol. The lowest BCUT2D eigenvalue weighted by atomic mass is 10.1. The summed E-state index contributed by atoms with van der Waals surface area (Å²) < 4.78 is 10.4. The maximum Gasteiger partial charge on any atom is 0.229 e. The summed E-state index contributed by atoms with van der Waals surface area (Å²) in [6.07, 6.45) is 1.64. The number of aromatic nitrogens is 2. The summed E-state index contributed by atoms with van der Waals surface area (Å²) in [5, 5.41) is 13.7. The Hall–Kier alpha value is -1.88. The summed E-state index contributed by atoms with van der Waals surface area (Å²) in [5.41, 5.74) is 1.89. The maximum atomic E-state index is 9.75. The van der Waals surface area contributed by atoms with Gasteiger partial charge in [0.1, 0.15) is 5.75 Å². The van der Waals surface area contributed by atoms with Crippen LogP contribution < -0.4 is 4.74 Å². The van der Waals surface area contributed by atoms with Gasteiger partial charge in [0.15, 0.2) is 0 Å². The first-order valence-electron chi connectivity index (χ1n) is 6.79. The zero-order valence-corrected chi connectivity index (χ0v) is 12.1. The van der Waals surface area contributed by atoms with Crippen LogP contribution in [-0.2, 0) is 6.42 Å². The Labute approximate surface area is 118 Å². The fourth-order valence-electron chi connectivity index (χ4n) is 2.11. The van der Waals surface area contributed by atoms with Crippen LogP contribution in [0.3, 0.4) is 0 Å². The Balaban J connectivity index is 2.14. The van der Waals surface area contributed by atoms with E-state index in [1.165, 1.54) is 0 Å². The Kier molecular flexibility index (Phi) is 4.74. The predicted octanol–water partition coefficient (Wildman–Crippen LogP) is 2.76. The van der Waals surface area contributed by atoms with Crippen molar-refractivity contribution < 1.29 is 14.4 Å². The topological polar surface area (TPSA) is 68.4 Å². The zero-order valence-electron chi connectivity index (χ0n) is 12.1. The molecule has 1 heterocycles. The Morgan fingerprint density at radius 2 is 2.20 bits per heavy atom. The molecular weight excluding hydrogens is 256 g/mol. The largest absolute Gasteiger partial charge is 0.496 e. The lowest BCUT2D eigenvalue weighted by Crippen LogP contribution is -2.09. The van der Waals surface area contributed by atoms with Crippen LogP contribution in [0.25, 0.3) is 11.4 Å². The molecule has 20 heavy (non-hydrogen) atoms. The van der Waals surface area contributed by atoms with Crippen LogP contribution in [0.15, 0.2) is 22.7 Å². The second kappa shape index (κ2) is 6.52. The van der Waals surface area contributed by atoms with Crippen LogP contribution in [0.2, 0.25) is 0 Å². The summed E-state index contributed by atoms with van der Waals surface area (Å²) in [6.45, 7) is 4.00. The van der Waals surface area contributed by atoms with E-state index in [9.17, 15) is 5.11 Å². The number of nitrogens with zero attached hydrogens (tertiary/aromatic N) is 2. The molecule has 0 radical (unpaired) electrons. The Morgan fingerprint density at radius 3 is 2.85 bits per heavy atom. The van der Waals surface area contributed by atoms with Gasteiger partial charge in [-0.15, -0.1) is 0 Å². The molecule has 0 fully saturated rings. The molecule has 0 amide bonds. The standard InChI is InChI=1S/C15H20N2O3/c1-4-5-12(18)9-14-16-15(17-20-14)11-6-7-13(19-3)10(2)8-11/h6-8,12,18H,4-5,9H2,1-3H3. The zero-order chi connectivity index (χ0) is 14.5. The minimum atomic E-state index is -0.425. The van der Waals surface area contributed by atoms with Gasteiger partial charge in [-0.3, -0.25) is 0 Å². The van der Waals surface area contributed by atoms with Crippen LogP contribution in [0, 0.1) is 6.92 Å². The molecule has 1 aromatic carbocycles. The number of aliphatic hydroxyl groups is 1. The number of benzene rings is 1.